The summed E-state index contributed by atoms with van der Waals surface area (Å²) in [5, 5.41) is 7.22. The van der Waals surface area contributed by atoms with Crippen molar-refractivity contribution in [1.29, 1.82) is 0 Å². The minimum atomic E-state index is -1.54. The molecule has 1 atom stereocenters. The Balaban J connectivity index is 2.01. The molecule has 2 aliphatic rings. The summed E-state index contributed by atoms with van der Waals surface area (Å²) in [4.78, 5) is 11.5. The average molecular weight is 273 g/mol. The second-order valence-corrected chi connectivity index (χ2v) is 8.37. The molecule has 2 rings (SSSR count). The van der Waals surface area contributed by atoms with E-state index in [2.05, 4.69) is 31.8 Å². The fourth-order valence-electron chi connectivity index (χ4n) is 1.63. The lowest BCUT2D eigenvalue weighted by Gasteiger charge is -2.36. The van der Waals surface area contributed by atoms with Gasteiger partial charge in [-0.05, 0) is 40.4 Å². The van der Waals surface area contributed by atoms with E-state index >= 15 is 0 Å². The highest BCUT2D eigenvalue weighted by molar-refractivity contribution is 8.35. The third kappa shape index (κ3) is 2.83. The van der Waals surface area contributed by atoms with Crippen molar-refractivity contribution in [1.82, 2.24) is 5.32 Å². The Labute approximate surface area is 110 Å². The molecule has 0 bridgehead atoms. The molecule has 1 N–H and O–H groups in total. The maximum Gasteiger partial charge on any atom is 0.419 e. The van der Waals surface area contributed by atoms with E-state index in [0.29, 0.717) is 5.25 Å². The number of carbonyl (C=O) groups excluding carboxylic acids is 1. The predicted molar refractivity (Wildman–Crippen MR) is 76.2 cm³/mol. The molecule has 1 fully saturated rings. The molecule has 0 aromatic heterocycles. The first-order valence-corrected chi connectivity index (χ1v) is 8.10. The number of amides is 1. The first kappa shape index (κ1) is 12.9. The summed E-state index contributed by atoms with van der Waals surface area (Å²) in [7, 11) is -1.54. The van der Waals surface area contributed by atoms with Gasteiger partial charge in [-0.15, -0.1) is 0 Å². The van der Waals surface area contributed by atoms with Crippen LogP contribution in [0.1, 0.15) is 33.1 Å². The average Bonchev–Trinajstić information content (AvgIpc) is 2.80. The molecule has 1 unspecified atom stereocenters. The van der Waals surface area contributed by atoms with Crippen LogP contribution < -0.4 is 5.32 Å². The fraction of sp³-hybridized carbons (Fsp3) is 0.583. The summed E-state index contributed by atoms with van der Waals surface area (Å²) >= 11 is 4.37. The van der Waals surface area contributed by atoms with Gasteiger partial charge in [-0.25, -0.2) is 4.79 Å². The highest BCUT2D eigenvalue weighted by atomic mass is 32.3. The summed E-state index contributed by atoms with van der Waals surface area (Å²) in [6.45, 7) is 4.23. The van der Waals surface area contributed by atoms with Crippen molar-refractivity contribution in [2.45, 2.75) is 43.2 Å². The Bertz CT molecular complexity index is 363. The summed E-state index contributed by atoms with van der Waals surface area (Å²) in [6, 6.07) is 0. The zero-order chi connectivity index (χ0) is 12.5. The lowest BCUT2D eigenvalue weighted by atomic mass is 10.4. The molecule has 3 nitrogen and oxygen atoms in total. The van der Waals surface area contributed by atoms with Crippen LogP contribution >= 0.6 is 22.9 Å². The van der Waals surface area contributed by atoms with E-state index in [0.717, 1.165) is 19.3 Å². The zero-order valence-corrected chi connectivity index (χ0v) is 11.9. The van der Waals surface area contributed by atoms with Crippen LogP contribution in [0, 0.1) is 0 Å². The third-order valence-corrected chi connectivity index (χ3v) is 6.93. The Morgan fingerprint density at radius 1 is 1.53 bits per heavy atom. The van der Waals surface area contributed by atoms with Crippen LogP contribution in [0.25, 0.3) is 0 Å². The summed E-state index contributed by atoms with van der Waals surface area (Å²) in [5.74, 6) is 0. The van der Waals surface area contributed by atoms with Crippen molar-refractivity contribution in [3.8, 4) is 0 Å². The van der Waals surface area contributed by atoms with E-state index in [1.807, 2.05) is 23.0 Å². The van der Waals surface area contributed by atoms with Crippen molar-refractivity contribution in [3.63, 3.8) is 0 Å². The number of thiol groups is 1. The molecule has 0 spiro atoms. The minimum Gasteiger partial charge on any atom is -0.391 e. The van der Waals surface area contributed by atoms with Gasteiger partial charge < -0.3 is 9.50 Å². The normalized spacial score (nSPS) is 26.3. The van der Waals surface area contributed by atoms with E-state index in [-0.39, 0.29) is 11.0 Å². The van der Waals surface area contributed by atoms with Crippen molar-refractivity contribution < 1.29 is 8.98 Å². The van der Waals surface area contributed by atoms with Crippen molar-refractivity contribution in [3.05, 3.63) is 23.0 Å². The van der Waals surface area contributed by atoms with Gasteiger partial charge in [0.15, 0.2) is 0 Å². The standard InChI is InChI=1S/C12H19NO2S2/c1-3-10(2)17(8-4-5-9-17)15-11(14)13-12(16)6-7-12/h4-5,8-10,16H,3,6-7H2,1-2H3,(H,13,14). The molecule has 5 heteroatoms. The van der Waals surface area contributed by atoms with Gasteiger partial charge in [0.25, 0.3) is 0 Å². The monoisotopic (exact) mass is 273 g/mol. The number of rotatable bonds is 4. The van der Waals surface area contributed by atoms with Crippen LogP contribution in [-0.4, -0.2) is 16.2 Å². The number of nitrogens with one attached hydrogen (secondary N) is 1. The molecule has 0 aromatic rings. The number of carbonyl (C=O) groups is 1. The van der Waals surface area contributed by atoms with Crippen LogP contribution in [0.2, 0.25) is 0 Å². The molecule has 1 heterocycles. The third-order valence-electron chi connectivity index (χ3n) is 3.18. The Morgan fingerprint density at radius 2 is 2.12 bits per heavy atom. The van der Waals surface area contributed by atoms with Crippen LogP contribution in [-0.2, 0) is 4.18 Å². The van der Waals surface area contributed by atoms with Crippen molar-refractivity contribution in [2.24, 2.45) is 0 Å². The number of hydrogen-bond acceptors (Lipinski definition) is 3. The highest BCUT2D eigenvalue weighted by Gasteiger charge is 2.42. The van der Waals surface area contributed by atoms with E-state index in [1.165, 1.54) is 0 Å². The number of allylic oxidation sites excluding steroid dienone is 2. The van der Waals surface area contributed by atoms with Crippen molar-refractivity contribution in [2.75, 3.05) is 0 Å². The van der Waals surface area contributed by atoms with Gasteiger partial charge in [0.05, 0.1) is 4.87 Å². The van der Waals surface area contributed by atoms with Gasteiger partial charge in [0.1, 0.15) is 0 Å². The summed E-state index contributed by atoms with van der Waals surface area (Å²) in [5.41, 5.74) is 0. The van der Waals surface area contributed by atoms with Crippen LogP contribution in [0.5, 0.6) is 0 Å². The second kappa shape index (κ2) is 4.61. The maximum absolute atomic E-state index is 11.9. The van der Waals surface area contributed by atoms with E-state index in [9.17, 15) is 4.79 Å². The van der Waals surface area contributed by atoms with Crippen LogP contribution in [0.4, 0.5) is 4.79 Å². The SMILES string of the molecule is CCC(C)S1(OC(=O)NC2(S)CC2)C=CC=C1. The first-order chi connectivity index (χ1) is 8.00. The molecule has 1 aliphatic heterocycles. The van der Waals surface area contributed by atoms with E-state index < -0.39 is 10.3 Å². The van der Waals surface area contributed by atoms with Crippen LogP contribution in [0.15, 0.2) is 23.0 Å². The van der Waals surface area contributed by atoms with Gasteiger partial charge in [0.2, 0.25) is 0 Å². The summed E-state index contributed by atoms with van der Waals surface area (Å²) in [6.07, 6.45) is 6.41. The molecule has 0 aromatic carbocycles. The van der Waals surface area contributed by atoms with Gasteiger partial charge in [0, 0.05) is 5.25 Å². The second-order valence-electron chi connectivity index (χ2n) is 4.60. The topological polar surface area (TPSA) is 38.3 Å². The lowest BCUT2D eigenvalue weighted by Crippen LogP contribution is -2.34. The summed E-state index contributed by atoms with van der Waals surface area (Å²) < 4.78 is 5.68. The fourth-order valence-corrected chi connectivity index (χ4v) is 4.24. The molecule has 17 heavy (non-hydrogen) atoms. The Morgan fingerprint density at radius 3 is 2.59 bits per heavy atom. The molecular formula is C12H19NO2S2. The largest absolute Gasteiger partial charge is 0.419 e. The molecule has 1 saturated carbocycles. The maximum atomic E-state index is 11.9. The Hall–Kier alpha value is -0.550. The minimum absolute atomic E-state index is 0.320. The Kier molecular flexibility index (Phi) is 3.50. The molecule has 0 radical (unpaired) electrons. The highest BCUT2D eigenvalue weighted by Crippen LogP contribution is 2.60. The molecular weight excluding hydrogens is 254 g/mol. The zero-order valence-electron chi connectivity index (χ0n) is 10.2. The van der Waals surface area contributed by atoms with Crippen molar-refractivity contribution >= 4 is 29.0 Å². The smallest absolute Gasteiger partial charge is 0.391 e. The van der Waals surface area contributed by atoms with E-state index in [1.54, 1.807) is 0 Å². The molecule has 96 valence electrons. The van der Waals surface area contributed by atoms with Crippen LogP contribution in [0.3, 0.4) is 0 Å². The quantitative estimate of drug-likeness (QED) is 0.605. The van der Waals surface area contributed by atoms with Gasteiger partial charge >= 0.3 is 6.09 Å². The van der Waals surface area contributed by atoms with E-state index in [4.69, 9.17) is 4.18 Å². The number of hydrogen-bond donors (Lipinski definition) is 2. The molecule has 1 aliphatic carbocycles. The molecule has 0 saturated heterocycles. The first-order valence-electron chi connectivity index (χ1n) is 5.91. The van der Waals surface area contributed by atoms with Gasteiger partial charge in [-0.3, -0.25) is 0 Å². The molecule has 1 amide bonds. The predicted octanol–water partition coefficient (Wildman–Crippen LogP) is 3.69. The lowest BCUT2D eigenvalue weighted by molar-refractivity contribution is 0.205. The van der Waals surface area contributed by atoms with Gasteiger partial charge in [-0.1, -0.05) is 26.0 Å². The van der Waals surface area contributed by atoms with Gasteiger partial charge in [-0.2, -0.15) is 12.6 Å².